The summed E-state index contributed by atoms with van der Waals surface area (Å²) in [5, 5.41) is 9.80. The molecule has 0 aliphatic heterocycles. The molecule has 1 nitrogen and oxygen atoms in total. The lowest BCUT2D eigenvalue weighted by Crippen LogP contribution is -2.10. The van der Waals surface area contributed by atoms with Crippen molar-refractivity contribution in [1.82, 2.24) is 0 Å². The third-order valence-corrected chi connectivity index (χ3v) is 3.09. The van der Waals surface area contributed by atoms with Crippen LogP contribution in [0.4, 0.5) is 13.2 Å². The van der Waals surface area contributed by atoms with Gasteiger partial charge in [0.25, 0.3) is 0 Å². The molecule has 0 aliphatic rings. The summed E-state index contributed by atoms with van der Waals surface area (Å²) in [5.41, 5.74) is -0.432. The van der Waals surface area contributed by atoms with Gasteiger partial charge >= 0.3 is 0 Å². The van der Waals surface area contributed by atoms with Crippen LogP contribution in [0.25, 0.3) is 0 Å². The standard InChI is InChI=1S/C13H17F3O/c1-3-8(4-2)5-12(17)13-10(15)6-9(14)7-11(13)16/h6-8,12,17H,3-5H2,1-2H3. The smallest absolute Gasteiger partial charge is 0.134 e. The van der Waals surface area contributed by atoms with Gasteiger partial charge in [0.1, 0.15) is 17.5 Å². The van der Waals surface area contributed by atoms with Crippen LogP contribution < -0.4 is 0 Å². The van der Waals surface area contributed by atoms with Crippen LogP contribution in [0.15, 0.2) is 12.1 Å². The minimum absolute atomic E-state index is 0.203. The lowest BCUT2D eigenvalue weighted by Gasteiger charge is -2.18. The summed E-state index contributed by atoms with van der Waals surface area (Å²) >= 11 is 0. The molecule has 0 heterocycles. The first-order valence-corrected chi connectivity index (χ1v) is 5.82. The minimum Gasteiger partial charge on any atom is -0.388 e. The zero-order valence-electron chi connectivity index (χ0n) is 10.0. The molecule has 0 radical (unpaired) electrons. The van der Waals surface area contributed by atoms with E-state index in [2.05, 4.69) is 0 Å². The van der Waals surface area contributed by atoms with Crippen molar-refractivity contribution < 1.29 is 18.3 Å². The Morgan fingerprint density at radius 3 is 1.94 bits per heavy atom. The van der Waals surface area contributed by atoms with Gasteiger partial charge in [0.2, 0.25) is 0 Å². The molecule has 4 heteroatoms. The molecule has 17 heavy (non-hydrogen) atoms. The Morgan fingerprint density at radius 1 is 1.06 bits per heavy atom. The van der Waals surface area contributed by atoms with Crippen LogP contribution in [-0.4, -0.2) is 5.11 Å². The first-order chi connectivity index (χ1) is 7.99. The van der Waals surface area contributed by atoms with Crippen molar-refractivity contribution in [2.45, 2.75) is 39.2 Å². The van der Waals surface area contributed by atoms with Crippen LogP contribution >= 0.6 is 0 Å². The SMILES string of the molecule is CCC(CC)CC(O)c1c(F)cc(F)cc1F. The highest BCUT2D eigenvalue weighted by atomic mass is 19.1. The normalized spacial score (nSPS) is 13.1. The highest BCUT2D eigenvalue weighted by molar-refractivity contribution is 5.23. The number of hydrogen-bond donors (Lipinski definition) is 1. The second-order valence-electron chi connectivity index (χ2n) is 4.22. The van der Waals surface area contributed by atoms with Crippen molar-refractivity contribution in [3.63, 3.8) is 0 Å². The number of benzene rings is 1. The molecule has 1 aromatic rings. The summed E-state index contributed by atoms with van der Waals surface area (Å²) in [6.45, 7) is 3.91. The predicted molar refractivity (Wildman–Crippen MR) is 60.0 cm³/mol. The summed E-state index contributed by atoms with van der Waals surface area (Å²) in [4.78, 5) is 0. The third kappa shape index (κ3) is 3.46. The molecule has 1 aromatic carbocycles. The van der Waals surface area contributed by atoms with E-state index < -0.39 is 29.1 Å². The van der Waals surface area contributed by atoms with Gasteiger partial charge in [0.05, 0.1) is 11.7 Å². The molecule has 1 atom stereocenters. The van der Waals surface area contributed by atoms with Gasteiger partial charge in [-0.25, -0.2) is 13.2 Å². The van der Waals surface area contributed by atoms with Crippen molar-refractivity contribution in [2.75, 3.05) is 0 Å². The maximum atomic E-state index is 13.4. The van der Waals surface area contributed by atoms with E-state index in [1.54, 1.807) is 0 Å². The summed E-state index contributed by atoms with van der Waals surface area (Å²) in [7, 11) is 0. The van der Waals surface area contributed by atoms with Crippen molar-refractivity contribution in [2.24, 2.45) is 5.92 Å². The molecule has 1 rings (SSSR count). The molecular weight excluding hydrogens is 229 g/mol. The lowest BCUT2D eigenvalue weighted by molar-refractivity contribution is 0.132. The first-order valence-electron chi connectivity index (χ1n) is 5.82. The fourth-order valence-electron chi connectivity index (χ4n) is 1.93. The Bertz CT molecular complexity index is 352. The Hall–Kier alpha value is -1.03. The maximum Gasteiger partial charge on any atom is 0.134 e. The average Bonchev–Trinajstić information content (AvgIpc) is 2.24. The van der Waals surface area contributed by atoms with Gasteiger partial charge in [-0.1, -0.05) is 26.7 Å². The molecule has 0 aliphatic carbocycles. The summed E-state index contributed by atoms with van der Waals surface area (Å²) in [6.07, 6.45) is 0.725. The molecule has 0 bridgehead atoms. The van der Waals surface area contributed by atoms with Crippen LogP contribution in [0.3, 0.4) is 0 Å². The molecule has 0 amide bonds. The van der Waals surface area contributed by atoms with E-state index >= 15 is 0 Å². The Balaban J connectivity index is 2.92. The van der Waals surface area contributed by atoms with Gasteiger partial charge in [-0.2, -0.15) is 0 Å². The van der Waals surface area contributed by atoms with Crippen LogP contribution in [0, 0.1) is 23.4 Å². The van der Waals surface area contributed by atoms with Gasteiger partial charge in [0.15, 0.2) is 0 Å². The molecule has 1 N–H and O–H groups in total. The predicted octanol–water partition coefficient (Wildman–Crippen LogP) is 3.96. The first kappa shape index (κ1) is 14.0. The molecule has 1 unspecified atom stereocenters. The lowest BCUT2D eigenvalue weighted by atomic mass is 9.92. The highest BCUT2D eigenvalue weighted by Crippen LogP contribution is 2.29. The Kier molecular flexibility index (Phi) is 5.00. The van der Waals surface area contributed by atoms with E-state index in [1.807, 2.05) is 13.8 Å². The second kappa shape index (κ2) is 6.05. The summed E-state index contributed by atoms with van der Waals surface area (Å²) in [6, 6.07) is 1.18. The van der Waals surface area contributed by atoms with E-state index in [4.69, 9.17) is 0 Å². The number of hydrogen-bond acceptors (Lipinski definition) is 1. The molecular formula is C13H17F3O. The monoisotopic (exact) mass is 246 g/mol. The van der Waals surface area contributed by atoms with Gasteiger partial charge in [-0.15, -0.1) is 0 Å². The second-order valence-corrected chi connectivity index (χ2v) is 4.22. The minimum atomic E-state index is -1.22. The van der Waals surface area contributed by atoms with Crippen molar-refractivity contribution in [1.29, 1.82) is 0 Å². The molecule has 0 aromatic heterocycles. The zero-order valence-corrected chi connectivity index (χ0v) is 10.0. The van der Waals surface area contributed by atoms with Crippen LogP contribution in [-0.2, 0) is 0 Å². The Labute approximate surface area is 99.3 Å². The van der Waals surface area contributed by atoms with E-state index in [0.29, 0.717) is 12.1 Å². The number of rotatable bonds is 5. The molecule has 0 saturated carbocycles. The topological polar surface area (TPSA) is 20.2 Å². The van der Waals surface area contributed by atoms with Gasteiger partial charge in [-0.05, 0) is 12.3 Å². The zero-order chi connectivity index (χ0) is 13.0. The summed E-state index contributed by atoms with van der Waals surface area (Å²) < 4.78 is 39.5. The van der Waals surface area contributed by atoms with Crippen LogP contribution in [0.5, 0.6) is 0 Å². The summed E-state index contributed by atoms with van der Waals surface area (Å²) in [5.74, 6) is -2.82. The third-order valence-electron chi connectivity index (χ3n) is 3.09. The molecule has 0 fully saturated rings. The van der Waals surface area contributed by atoms with Gasteiger partial charge < -0.3 is 5.11 Å². The van der Waals surface area contributed by atoms with E-state index in [0.717, 1.165) is 12.8 Å². The number of aliphatic hydroxyl groups excluding tert-OH is 1. The number of aliphatic hydroxyl groups is 1. The van der Waals surface area contributed by atoms with Crippen molar-refractivity contribution in [3.8, 4) is 0 Å². The fraction of sp³-hybridized carbons (Fsp3) is 0.538. The Morgan fingerprint density at radius 2 is 1.53 bits per heavy atom. The van der Waals surface area contributed by atoms with Gasteiger partial charge in [-0.3, -0.25) is 0 Å². The fourth-order valence-corrected chi connectivity index (χ4v) is 1.93. The van der Waals surface area contributed by atoms with E-state index in [9.17, 15) is 18.3 Å². The van der Waals surface area contributed by atoms with E-state index in [-0.39, 0.29) is 12.3 Å². The van der Waals surface area contributed by atoms with Crippen molar-refractivity contribution in [3.05, 3.63) is 35.1 Å². The molecule has 0 saturated heterocycles. The van der Waals surface area contributed by atoms with Crippen LogP contribution in [0.2, 0.25) is 0 Å². The maximum absolute atomic E-state index is 13.4. The van der Waals surface area contributed by atoms with Crippen molar-refractivity contribution >= 4 is 0 Å². The number of halogens is 3. The average molecular weight is 246 g/mol. The highest BCUT2D eigenvalue weighted by Gasteiger charge is 2.21. The molecule has 0 spiro atoms. The molecule has 96 valence electrons. The largest absolute Gasteiger partial charge is 0.388 e. The van der Waals surface area contributed by atoms with Crippen LogP contribution in [0.1, 0.15) is 44.8 Å². The van der Waals surface area contributed by atoms with Gasteiger partial charge in [0, 0.05) is 12.1 Å². The van der Waals surface area contributed by atoms with E-state index in [1.165, 1.54) is 0 Å². The quantitative estimate of drug-likeness (QED) is 0.833.